The van der Waals surface area contributed by atoms with E-state index in [2.05, 4.69) is 17.4 Å². The minimum Gasteiger partial charge on any atom is -0.493 e. The van der Waals surface area contributed by atoms with Crippen molar-refractivity contribution < 1.29 is 24.2 Å². The molecule has 0 saturated heterocycles. The summed E-state index contributed by atoms with van der Waals surface area (Å²) in [6.45, 7) is 0. The van der Waals surface area contributed by atoms with Crippen LogP contribution in [-0.4, -0.2) is 31.2 Å². The zero-order chi connectivity index (χ0) is 19.4. The molecule has 142 valence electrons. The molecule has 6 heteroatoms. The molecule has 0 radical (unpaired) electrons. The third-order valence-corrected chi connectivity index (χ3v) is 4.78. The molecule has 0 bridgehead atoms. The van der Waals surface area contributed by atoms with Crippen molar-refractivity contribution in [3.8, 4) is 11.5 Å². The molecule has 2 N–H and O–H groups in total. The number of methoxy groups -OCH3 is 2. The molecular formula is C21H23NO5. The molecule has 2 aromatic carbocycles. The largest absolute Gasteiger partial charge is 0.493 e. The predicted molar refractivity (Wildman–Crippen MR) is 102 cm³/mol. The van der Waals surface area contributed by atoms with Gasteiger partial charge in [0.05, 0.1) is 31.9 Å². The number of aryl methyl sites for hydroxylation is 2. The summed E-state index contributed by atoms with van der Waals surface area (Å²) in [5, 5.41) is 12.0. The Labute approximate surface area is 158 Å². The summed E-state index contributed by atoms with van der Waals surface area (Å²) in [4.78, 5) is 23.9. The topological polar surface area (TPSA) is 84.9 Å². The summed E-state index contributed by atoms with van der Waals surface area (Å²) in [5.41, 5.74) is 3.91. The second-order valence-corrected chi connectivity index (χ2v) is 6.60. The Kier molecular flexibility index (Phi) is 5.64. The van der Waals surface area contributed by atoms with Crippen molar-refractivity contribution in [2.45, 2.75) is 32.1 Å². The van der Waals surface area contributed by atoms with Crippen LogP contribution in [0.4, 0.5) is 5.69 Å². The molecule has 0 heterocycles. The average Bonchev–Trinajstić information content (AvgIpc) is 2.67. The number of benzene rings is 2. The highest BCUT2D eigenvalue weighted by Crippen LogP contribution is 2.36. The maximum absolute atomic E-state index is 12.5. The van der Waals surface area contributed by atoms with E-state index in [0.717, 1.165) is 18.4 Å². The zero-order valence-electron chi connectivity index (χ0n) is 15.5. The van der Waals surface area contributed by atoms with E-state index in [9.17, 15) is 14.7 Å². The first-order chi connectivity index (χ1) is 13.0. The number of carbonyl (C=O) groups excluding carboxylic acids is 1. The number of fused-ring (bicyclic) bond motifs is 1. The van der Waals surface area contributed by atoms with Gasteiger partial charge in [0.1, 0.15) is 0 Å². The minimum absolute atomic E-state index is 0.0109. The Morgan fingerprint density at radius 3 is 2.44 bits per heavy atom. The maximum Gasteiger partial charge on any atom is 0.335 e. The molecule has 0 atom stereocenters. The summed E-state index contributed by atoms with van der Waals surface area (Å²) < 4.78 is 10.5. The van der Waals surface area contributed by atoms with Crippen LogP contribution >= 0.6 is 0 Å². The first-order valence-corrected chi connectivity index (χ1v) is 8.91. The van der Waals surface area contributed by atoms with Crippen LogP contribution in [0.25, 0.3) is 0 Å². The van der Waals surface area contributed by atoms with Crippen LogP contribution in [0.1, 0.15) is 39.9 Å². The van der Waals surface area contributed by atoms with Crippen LogP contribution in [0.2, 0.25) is 0 Å². The number of anilines is 1. The molecule has 1 aliphatic carbocycles. The molecular weight excluding hydrogens is 346 g/mol. The molecule has 2 aromatic rings. The summed E-state index contributed by atoms with van der Waals surface area (Å²) in [6, 6.07) is 8.91. The standard InChI is InChI=1S/C21H23NO5/c1-26-18-12-16(21(24)25)11-17(20(18)27-2)22-19(23)10-13-7-8-14-5-3-4-6-15(14)9-13/h7-9,11-12H,3-6,10H2,1-2H3,(H,22,23)(H,24,25). The molecule has 0 aromatic heterocycles. The van der Waals surface area contributed by atoms with Crippen LogP contribution in [0, 0.1) is 0 Å². The summed E-state index contributed by atoms with van der Waals surface area (Å²) in [6.07, 6.45) is 4.75. The van der Waals surface area contributed by atoms with E-state index in [-0.39, 0.29) is 29.3 Å². The van der Waals surface area contributed by atoms with Crippen molar-refractivity contribution in [2.75, 3.05) is 19.5 Å². The number of carboxylic acid groups (broad SMARTS) is 1. The molecule has 0 saturated carbocycles. The van der Waals surface area contributed by atoms with E-state index in [0.29, 0.717) is 5.75 Å². The van der Waals surface area contributed by atoms with Gasteiger partial charge in [-0.1, -0.05) is 18.2 Å². The van der Waals surface area contributed by atoms with Crippen molar-refractivity contribution in [2.24, 2.45) is 0 Å². The number of ether oxygens (including phenoxy) is 2. The minimum atomic E-state index is -1.11. The van der Waals surface area contributed by atoms with E-state index in [1.807, 2.05) is 6.07 Å². The first kappa shape index (κ1) is 18.8. The molecule has 0 aliphatic heterocycles. The van der Waals surface area contributed by atoms with Crippen LogP contribution in [0.3, 0.4) is 0 Å². The Hall–Kier alpha value is -3.02. The number of rotatable bonds is 6. The number of amides is 1. The smallest absolute Gasteiger partial charge is 0.335 e. The van der Waals surface area contributed by atoms with Crippen molar-refractivity contribution in [3.05, 3.63) is 52.6 Å². The van der Waals surface area contributed by atoms with Gasteiger partial charge >= 0.3 is 5.97 Å². The van der Waals surface area contributed by atoms with Gasteiger partial charge in [0, 0.05) is 0 Å². The van der Waals surface area contributed by atoms with Crippen LogP contribution in [0.5, 0.6) is 11.5 Å². The summed E-state index contributed by atoms with van der Waals surface area (Å²) >= 11 is 0. The maximum atomic E-state index is 12.5. The number of aromatic carboxylic acids is 1. The number of hydrogen-bond donors (Lipinski definition) is 2. The second-order valence-electron chi connectivity index (χ2n) is 6.60. The molecule has 27 heavy (non-hydrogen) atoms. The Morgan fingerprint density at radius 2 is 1.78 bits per heavy atom. The molecule has 0 spiro atoms. The van der Waals surface area contributed by atoms with Gasteiger partial charge in [0.15, 0.2) is 11.5 Å². The van der Waals surface area contributed by atoms with Gasteiger partial charge in [-0.3, -0.25) is 4.79 Å². The number of carboxylic acids is 1. The SMILES string of the molecule is COc1cc(C(=O)O)cc(NC(=O)Cc2ccc3c(c2)CCCC3)c1OC. The number of nitrogens with one attached hydrogen (secondary N) is 1. The van der Waals surface area contributed by atoms with E-state index >= 15 is 0 Å². The van der Waals surface area contributed by atoms with Crippen molar-refractivity contribution in [1.82, 2.24) is 0 Å². The normalized spacial score (nSPS) is 12.8. The van der Waals surface area contributed by atoms with Gasteiger partial charge in [-0.05, 0) is 54.5 Å². The quantitative estimate of drug-likeness (QED) is 0.814. The Balaban J connectivity index is 1.81. The molecule has 1 amide bonds. The average molecular weight is 369 g/mol. The lowest BCUT2D eigenvalue weighted by Crippen LogP contribution is -2.16. The molecule has 6 nitrogen and oxygen atoms in total. The van der Waals surface area contributed by atoms with E-state index in [1.165, 1.54) is 50.3 Å². The number of carbonyl (C=O) groups is 2. The molecule has 0 fully saturated rings. The highest BCUT2D eigenvalue weighted by atomic mass is 16.5. The van der Waals surface area contributed by atoms with Gasteiger partial charge in [-0.25, -0.2) is 4.79 Å². The van der Waals surface area contributed by atoms with E-state index < -0.39 is 5.97 Å². The lowest BCUT2D eigenvalue weighted by atomic mass is 9.90. The fraction of sp³-hybridized carbons (Fsp3) is 0.333. The number of hydrogen-bond acceptors (Lipinski definition) is 4. The lowest BCUT2D eigenvalue weighted by Gasteiger charge is -2.17. The van der Waals surface area contributed by atoms with Gasteiger partial charge in [-0.2, -0.15) is 0 Å². The van der Waals surface area contributed by atoms with Crippen molar-refractivity contribution >= 4 is 17.6 Å². The van der Waals surface area contributed by atoms with Gasteiger partial charge in [0.2, 0.25) is 5.91 Å². The molecule has 3 rings (SSSR count). The molecule has 1 aliphatic rings. The fourth-order valence-corrected chi connectivity index (χ4v) is 3.46. The summed E-state index contributed by atoms with van der Waals surface area (Å²) in [5.74, 6) is -0.808. The third-order valence-electron chi connectivity index (χ3n) is 4.78. The lowest BCUT2D eigenvalue weighted by molar-refractivity contribution is -0.115. The summed E-state index contributed by atoms with van der Waals surface area (Å²) in [7, 11) is 2.86. The monoisotopic (exact) mass is 369 g/mol. The van der Waals surface area contributed by atoms with E-state index in [1.54, 1.807) is 0 Å². The Morgan fingerprint density at radius 1 is 1.04 bits per heavy atom. The second kappa shape index (κ2) is 8.12. The van der Waals surface area contributed by atoms with Gasteiger partial charge in [0.25, 0.3) is 0 Å². The zero-order valence-corrected chi connectivity index (χ0v) is 15.5. The van der Waals surface area contributed by atoms with E-state index in [4.69, 9.17) is 9.47 Å². The van der Waals surface area contributed by atoms with Crippen LogP contribution < -0.4 is 14.8 Å². The fourth-order valence-electron chi connectivity index (χ4n) is 3.46. The van der Waals surface area contributed by atoms with Crippen LogP contribution in [-0.2, 0) is 24.1 Å². The molecule has 0 unspecified atom stereocenters. The predicted octanol–water partition coefficient (Wildman–Crippen LogP) is 3.46. The van der Waals surface area contributed by atoms with Gasteiger partial charge < -0.3 is 19.9 Å². The van der Waals surface area contributed by atoms with Crippen molar-refractivity contribution in [1.29, 1.82) is 0 Å². The van der Waals surface area contributed by atoms with Crippen LogP contribution in [0.15, 0.2) is 30.3 Å². The Bertz CT molecular complexity index is 875. The van der Waals surface area contributed by atoms with Gasteiger partial charge in [-0.15, -0.1) is 0 Å². The van der Waals surface area contributed by atoms with Crippen molar-refractivity contribution in [3.63, 3.8) is 0 Å². The highest BCUT2D eigenvalue weighted by molar-refractivity contribution is 5.97. The third kappa shape index (κ3) is 4.22. The first-order valence-electron chi connectivity index (χ1n) is 8.91. The highest BCUT2D eigenvalue weighted by Gasteiger charge is 2.18.